The fourth-order valence-corrected chi connectivity index (χ4v) is 3.04. The quantitative estimate of drug-likeness (QED) is 0.868. The summed E-state index contributed by atoms with van der Waals surface area (Å²) in [6, 6.07) is 0.417. The van der Waals surface area contributed by atoms with E-state index in [9.17, 15) is 0 Å². The first-order valence-electron chi connectivity index (χ1n) is 8.08. The smallest absolute Gasteiger partial charge is 0.231 e. The van der Waals surface area contributed by atoms with E-state index in [1.807, 2.05) is 0 Å². The molecule has 1 heterocycles. The van der Waals surface area contributed by atoms with Crippen molar-refractivity contribution in [1.82, 2.24) is 15.0 Å². The van der Waals surface area contributed by atoms with Crippen molar-refractivity contribution in [3.8, 4) is 0 Å². The number of rotatable bonds is 5. The molecule has 0 aromatic carbocycles. The number of hydrogen-bond acceptors (Lipinski definition) is 6. The van der Waals surface area contributed by atoms with Crippen LogP contribution in [0.5, 0.6) is 0 Å². The van der Waals surface area contributed by atoms with Gasteiger partial charge in [0, 0.05) is 19.1 Å². The molecular weight excluding hydrogens is 264 g/mol. The van der Waals surface area contributed by atoms with E-state index in [2.05, 4.69) is 52.9 Å². The lowest BCUT2D eigenvalue weighted by Gasteiger charge is -2.34. The lowest BCUT2D eigenvalue weighted by Crippen LogP contribution is -2.36. The molecule has 0 spiro atoms. The Kier molecular flexibility index (Phi) is 5.20. The summed E-state index contributed by atoms with van der Waals surface area (Å²) in [6.07, 6.45) is 3.73. The lowest BCUT2D eigenvalue weighted by molar-refractivity contribution is 0.252. The van der Waals surface area contributed by atoms with Crippen molar-refractivity contribution in [2.45, 2.75) is 53.0 Å². The van der Waals surface area contributed by atoms with Crippen LogP contribution in [0.4, 0.5) is 17.8 Å². The second-order valence-corrected chi connectivity index (χ2v) is 6.01. The van der Waals surface area contributed by atoms with Gasteiger partial charge in [-0.05, 0) is 32.1 Å². The SMILES string of the molecule is CCN(CC)c1nc(N)nc(NC2CCCC(C)C2C)n1. The fourth-order valence-electron chi connectivity index (χ4n) is 3.04. The summed E-state index contributed by atoms with van der Waals surface area (Å²) < 4.78 is 0. The Balaban J connectivity index is 2.16. The molecule has 2 rings (SSSR count). The molecule has 1 fully saturated rings. The van der Waals surface area contributed by atoms with Crippen LogP contribution in [0.25, 0.3) is 0 Å². The highest BCUT2D eigenvalue weighted by Crippen LogP contribution is 2.31. The molecule has 3 unspecified atom stereocenters. The molecule has 1 aliphatic carbocycles. The molecule has 1 aromatic rings. The Hall–Kier alpha value is -1.59. The predicted octanol–water partition coefficient (Wildman–Crippen LogP) is 2.54. The van der Waals surface area contributed by atoms with Crippen molar-refractivity contribution in [3.05, 3.63) is 0 Å². The molecule has 6 nitrogen and oxygen atoms in total. The van der Waals surface area contributed by atoms with Crippen molar-refractivity contribution in [3.63, 3.8) is 0 Å². The zero-order valence-corrected chi connectivity index (χ0v) is 13.6. The highest BCUT2D eigenvalue weighted by Gasteiger charge is 2.27. The average Bonchev–Trinajstić information content (AvgIpc) is 2.45. The largest absolute Gasteiger partial charge is 0.368 e. The van der Waals surface area contributed by atoms with Gasteiger partial charge in [-0.1, -0.05) is 26.7 Å². The van der Waals surface area contributed by atoms with Gasteiger partial charge in [-0.25, -0.2) is 0 Å². The molecule has 6 heteroatoms. The number of anilines is 3. The summed E-state index contributed by atoms with van der Waals surface area (Å²) in [4.78, 5) is 15.1. The first-order valence-corrected chi connectivity index (χ1v) is 8.08. The van der Waals surface area contributed by atoms with Gasteiger partial charge in [-0.15, -0.1) is 0 Å². The van der Waals surface area contributed by atoms with Gasteiger partial charge in [0.15, 0.2) is 0 Å². The Labute approximate surface area is 127 Å². The number of nitrogen functional groups attached to an aromatic ring is 1. The van der Waals surface area contributed by atoms with E-state index in [1.165, 1.54) is 12.8 Å². The van der Waals surface area contributed by atoms with E-state index in [0.29, 0.717) is 23.9 Å². The number of nitrogens with one attached hydrogen (secondary N) is 1. The first-order chi connectivity index (χ1) is 10.0. The summed E-state index contributed by atoms with van der Waals surface area (Å²) in [5.41, 5.74) is 5.84. The monoisotopic (exact) mass is 292 g/mol. The van der Waals surface area contributed by atoms with Gasteiger partial charge in [0.1, 0.15) is 0 Å². The molecule has 0 amide bonds. The second-order valence-electron chi connectivity index (χ2n) is 6.01. The van der Waals surface area contributed by atoms with Gasteiger partial charge < -0.3 is 16.0 Å². The van der Waals surface area contributed by atoms with E-state index >= 15 is 0 Å². The van der Waals surface area contributed by atoms with Gasteiger partial charge in [0.25, 0.3) is 0 Å². The minimum Gasteiger partial charge on any atom is -0.368 e. The van der Waals surface area contributed by atoms with Crippen LogP contribution in [0.1, 0.15) is 47.0 Å². The van der Waals surface area contributed by atoms with Crippen LogP contribution in [0, 0.1) is 11.8 Å². The van der Waals surface area contributed by atoms with Gasteiger partial charge in [0.05, 0.1) is 0 Å². The number of nitrogens with two attached hydrogens (primary N) is 1. The van der Waals surface area contributed by atoms with E-state index in [4.69, 9.17) is 5.73 Å². The second kappa shape index (κ2) is 6.91. The summed E-state index contributed by atoms with van der Waals surface area (Å²) in [5, 5.41) is 3.48. The van der Waals surface area contributed by atoms with Gasteiger partial charge in [-0.3, -0.25) is 0 Å². The average molecular weight is 292 g/mol. The zero-order valence-electron chi connectivity index (χ0n) is 13.6. The van der Waals surface area contributed by atoms with E-state index in [-0.39, 0.29) is 5.95 Å². The molecule has 0 saturated heterocycles. The minimum absolute atomic E-state index is 0.283. The molecular formula is C15H28N6. The topological polar surface area (TPSA) is 80.0 Å². The number of aromatic nitrogens is 3. The highest BCUT2D eigenvalue weighted by molar-refractivity contribution is 5.42. The van der Waals surface area contributed by atoms with Gasteiger partial charge in [0.2, 0.25) is 17.8 Å². The third-order valence-electron chi connectivity index (χ3n) is 4.71. The normalized spacial score (nSPS) is 25.6. The van der Waals surface area contributed by atoms with Crippen molar-refractivity contribution in [2.75, 3.05) is 29.0 Å². The van der Waals surface area contributed by atoms with Crippen molar-refractivity contribution < 1.29 is 0 Å². The Morgan fingerprint density at radius 3 is 2.52 bits per heavy atom. The molecule has 1 saturated carbocycles. The molecule has 118 valence electrons. The zero-order chi connectivity index (χ0) is 15.4. The van der Waals surface area contributed by atoms with Crippen LogP contribution in [-0.4, -0.2) is 34.1 Å². The molecule has 0 radical (unpaired) electrons. The molecule has 3 atom stereocenters. The predicted molar refractivity (Wildman–Crippen MR) is 87.4 cm³/mol. The fraction of sp³-hybridized carbons (Fsp3) is 0.800. The molecule has 21 heavy (non-hydrogen) atoms. The first kappa shape index (κ1) is 15.8. The van der Waals surface area contributed by atoms with E-state index in [1.54, 1.807) is 0 Å². The van der Waals surface area contributed by atoms with Crippen molar-refractivity contribution >= 4 is 17.8 Å². The third-order valence-corrected chi connectivity index (χ3v) is 4.71. The molecule has 3 N–H and O–H groups in total. The molecule has 0 bridgehead atoms. The van der Waals surface area contributed by atoms with Crippen LogP contribution in [0.3, 0.4) is 0 Å². The molecule has 1 aromatic heterocycles. The van der Waals surface area contributed by atoms with E-state index < -0.39 is 0 Å². The number of nitrogens with zero attached hydrogens (tertiary/aromatic N) is 4. The van der Waals surface area contributed by atoms with Crippen LogP contribution in [0.2, 0.25) is 0 Å². The van der Waals surface area contributed by atoms with Crippen LogP contribution in [0.15, 0.2) is 0 Å². The maximum Gasteiger partial charge on any atom is 0.231 e. The van der Waals surface area contributed by atoms with E-state index in [0.717, 1.165) is 25.4 Å². The summed E-state index contributed by atoms with van der Waals surface area (Å²) in [6.45, 7) is 10.5. The number of hydrogen-bond donors (Lipinski definition) is 2. The maximum atomic E-state index is 5.84. The standard InChI is InChI=1S/C15H28N6/c1-5-21(6-2)15-19-13(16)18-14(20-15)17-12-9-7-8-10(3)11(12)4/h10-12H,5-9H2,1-4H3,(H3,16,17,18,19,20). The van der Waals surface area contributed by atoms with Crippen molar-refractivity contribution in [1.29, 1.82) is 0 Å². The Bertz CT molecular complexity index is 459. The van der Waals surface area contributed by atoms with Crippen LogP contribution < -0.4 is 16.0 Å². The maximum absolute atomic E-state index is 5.84. The van der Waals surface area contributed by atoms with Gasteiger partial charge >= 0.3 is 0 Å². The highest BCUT2D eigenvalue weighted by atomic mass is 15.3. The van der Waals surface area contributed by atoms with Crippen LogP contribution >= 0.6 is 0 Å². The van der Waals surface area contributed by atoms with Crippen LogP contribution in [-0.2, 0) is 0 Å². The minimum atomic E-state index is 0.283. The summed E-state index contributed by atoms with van der Waals surface area (Å²) in [7, 11) is 0. The Morgan fingerprint density at radius 1 is 1.14 bits per heavy atom. The molecule has 1 aliphatic rings. The molecule has 0 aliphatic heterocycles. The van der Waals surface area contributed by atoms with Gasteiger partial charge in [-0.2, -0.15) is 15.0 Å². The lowest BCUT2D eigenvalue weighted by atomic mass is 9.78. The summed E-state index contributed by atoms with van der Waals surface area (Å²) in [5.74, 6) is 2.90. The third kappa shape index (κ3) is 3.74. The van der Waals surface area contributed by atoms with Crippen molar-refractivity contribution in [2.24, 2.45) is 11.8 Å². The summed E-state index contributed by atoms with van der Waals surface area (Å²) >= 11 is 0. The Morgan fingerprint density at radius 2 is 1.86 bits per heavy atom.